The zero-order valence-electron chi connectivity index (χ0n) is 44.3. The van der Waals surface area contributed by atoms with Gasteiger partial charge >= 0.3 is 0 Å². The van der Waals surface area contributed by atoms with Crippen molar-refractivity contribution in [2.75, 3.05) is 40.9 Å². The van der Waals surface area contributed by atoms with E-state index < -0.39 is 0 Å². The van der Waals surface area contributed by atoms with Crippen LogP contribution in [-0.4, -0.2) is 36.8 Å². The number of anilines is 4. The first-order valence-electron chi connectivity index (χ1n) is 25.4. The highest BCUT2D eigenvalue weighted by Crippen LogP contribution is 2.20. The second-order valence-electron chi connectivity index (χ2n) is 17.5. The minimum Gasteiger partial charge on any atom is -1.00 e. The fourth-order valence-corrected chi connectivity index (χ4v) is 7.61. The Hall–Kier alpha value is -6.86. The van der Waals surface area contributed by atoms with Gasteiger partial charge in [0.05, 0.1) is 46.6 Å². The molecular formula is C60H70Br4N14. The summed E-state index contributed by atoms with van der Waals surface area (Å²) in [7, 11) is 3.92. The maximum absolute atomic E-state index is 5.70. The largest absolute Gasteiger partial charge is 1.00 e. The molecule has 0 amide bonds. The van der Waals surface area contributed by atoms with Crippen molar-refractivity contribution in [1.29, 1.82) is 0 Å². The van der Waals surface area contributed by atoms with E-state index in [9.17, 15) is 0 Å². The number of aromatic nitrogens is 4. The van der Waals surface area contributed by atoms with Gasteiger partial charge in [-0.1, -0.05) is 58.7 Å². The Kier molecular flexibility index (Phi) is 32.4. The molecule has 78 heavy (non-hydrogen) atoms. The lowest BCUT2D eigenvalue weighted by Crippen LogP contribution is -3.00. The van der Waals surface area contributed by atoms with Crippen LogP contribution in [0, 0.1) is 0 Å². The Labute approximate surface area is 500 Å². The maximum Gasteiger partial charge on any atom is 0.171 e. The normalized spacial score (nSPS) is 10.7. The van der Waals surface area contributed by atoms with E-state index in [1.54, 1.807) is 36.7 Å². The molecule has 0 aliphatic rings. The Balaban J connectivity index is 0.000000333. The molecule has 14 nitrogen and oxygen atoms in total. The summed E-state index contributed by atoms with van der Waals surface area (Å²) in [5.41, 5.74) is 20.2. The topological polar surface area (TPSA) is 157 Å². The van der Waals surface area contributed by atoms with E-state index in [1.807, 2.05) is 146 Å². The third-order valence-electron chi connectivity index (χ3n) is 11.6. The van der Waals surface area contributed by atoms with Crippen molar-refractivity contribution in [3.8, 4) is 0 Å². The van der Waals surface area contributed by atoms with Gasteiger partial charge in [0, 0.05) is 110 Å². The molecule has 0 aliphatic carbocycles. The van der Waals surface area contributed by atoms with E-state index in [2.05, 4.69) is 127 Å². The number of alkyl halides is 1. The van der Waals surface area contributed by atoms with Gasteiger partial charge in [-0.05, 0) is 111 Å². The molecule has 18 heteroatoms. The van der Waals surface area contributed by atoms with Crippen molar-refractivity contribution in [3.63, 3.8) is 0 Å². The summed E-state index contributed by atoms with van der Waals surface area (Å²) < 4.78 is 6.68. The first-order chi connectivity index (χ1) is 36.8. The average Bonchev–Trinajstić information content (AvgIpc) is 3.46. The van der Waals surface area contributed by atoms with Crippen LogP contribution in [0.15, 0.2) is 238 Å². The lowest BCUT2D eigenvalue weighted by atomic mass is 10.2. The number of pyridine rings is 4. The van der Waals surface area contributed by atoms with Gasteiger partial charge < -0.3 is 62.4 Å². The van der Waals surface area contributed by atoms with Crippen molar-refractivity contribution in [2.24, 2.45) is 30.7 Å². The lowest BCUT2D eigenvalue weighted by molar-refractivity contribution is -0.698. The van der Waals surface area contributed by atoms with Gasteiger partial charge in [0.15, 0.2) is 37.2 Å². The summed E-state index contributed by atoms with van der Waals surface area (Å²) in [6.45, 7) is 3.12. The minimum absolute atomic E-state index is 0. The van der Waals surface area contributed by atoms with Gasteiger partial charge in [-0.3, -0.25) is 15.0 Å². The van der Waals surface area contributed by atoms with Crippen LogP contribution in [0.5, 0.6) is 0 Å². The number of nitrogens with zero attached hydrogens (tertiary/aromatic N) is 12. The number of nitrogen functional groups attached to an aromatic ring is 2. The maximum atomic E-state index is 5.70. The Morgan fingerprint density at radius 3 is 1.09 bits per heavy atom. The highest BCUT2D eigenvalue weighted by Gasteiger charge is 2.05. The molecule has 8 aromatic rings. The molecule has 0 saturated heterocycles. The highest BCUT2D eigenvalue weighted by atomic mass is 79.9. The van der Waals surface area contributed by atoms with E-state index in [1.165, 1.54) is 44.9 Å². The second-order valence-corrected chi connectivity index (χ2v) is 18.3. The van der Waals surface area contributed by atoms with Crippen LogP contribution >= 0.6 is 15.9 Å². The van der Waals surface area contributed by atoms with Crippen LogP contribution in [-0.2, 0) is 19.6 Å². The van der Waals surface area contributed by atoms with Crippen molar-refractivity contribution in [1.82, 2.24) is 4.98 Å². The van der Waals surface area contributed by atoms with Gasteiger partial charge in [-0.15, -0.1) is 0 Å². The van der Waals surface area contributed by atoms with Crippen LogP contribution in [0.1, 0.15) is 62.5 Å². The van der Waals surface area contributed by atoms with Crippen LogP contribution in [0.25, 0.3) is 0 Å². The molecule has 0 aliphatic heterocycles. The molecule has 4 aromatic heterocycles. The van der Waals surface area contributed by atoms with Gasteiger partial charge in [-0.25, -0.2) is 13.7 Å². The van der Waals surface area contributed by atoms with Crippen LogP contribution < -0.4 is 86.1 Å². The summed E-state index contributed by atoms with van der Waals surface area (Å²) in [5.74, 6) is 0. The lowest BCUT2D eigenvalue weighted by Gasteiger charge is -2.11. The first-order valence-corrected chi connectivity index (χ1v) is 26.6. The van der Waals surface area contributed by atoms with Crippen molar-refractivity contribution < 1.29 is 64.6 Å². The number of rotatable bonds is 23. The molecule has 0 spiro atoms. The predicted molar refractivity (Wildman–Crippen MR) is 310 cm³/mol. The number of unbranched alkanes of at least 4 members (excludes halogenated alkanes) is 6. The fraction of sp³-hybridized carbons (Fsp3) is 0.233. The zero-order valence-corrected chi connectivity index (χ0v) is 50.6. The second kappa shape index (κ2) is 38.7. The van der Waals surface area contributed by atoms with Gasteiger partial charge in [0.25, 0.3) is 0 Å². The quantitative estimate of drug-likeness (QED) is 0.0184. The summed E-state index contributed by atoms with van der Waals surface area (Å²) in [5, 5.41) is 30.5. The van der Waals surface area contributed by atoms with E-state index in [4.69, 9.17) is 11.5 Å². The van der Waals surface area contributed by atoms with E-state index in [-0.39, 0.29) is 50.9 Å². The minimum atomic E-state index is 0. The van der Waals surface area contributed by atoms with Crippen molar-refractivity contribution in [3.05, 3.63) is 218 Å². The number of halogens is 4. The standard InChI is InChI=1S/C30H34N7.C19H25BrN3.C11H10N4.3BrH/c1-35(30-9-5-4-6-10-30)32-25-26-15-21-36(22-16-26)19-7-2-3-8-20-37-23-17-29(18-24-37)34-33-28-13-11-27(31)12-14-28;1-22(19-9-5-4-6-10-19)21-17-18-11-15-23(16-12-18)14-8-3-2-7-13-20;12-9-1-3-10(4-2-9)14-15-11-5-7-13-8-6-11;;;/h4-6,9-18,21-25,31H,2-3,7-8,19-20H2,1H3;4-6,9-12,15-17H,2-3,7-8,13-14H2,1H3;1-8H,12H2;3*1H/q2*+1;;;;/p-2. The van der Waals surface area contributed by atoms with Crippen LogP contribution in [0.2, 0.25) is 0 Å². The third kappa shape index (κ3) is 26.0. The zero-order chi connectivity index (χ0) is 52.6. The summed E-state index contributed by atoms with van der Waals surface area (Å²) in [6, 6.07) is 50.9. The summed E-state index contributed by atoms with van der Waals surface area (Å²) >= 11 is 3.47. The number of hydrogen-bond donors (Lipinski definition) is 2. The van der Waals surface area contributed by atoms with Crippen molar-refractivity contribution >= 4 is 73.9 Å². The first kappa shape index (κ1) is 65.4. The molecular weight excluding hydrogens is 1240 g/mol. The van der Waals surface area contributed by atoms with Crippen LogP contribution in [0.3, 0.4) is 0 Å². The Morgan fingerprint density at radius 2 is 0.731 bits per heavy atom. The molecule has 4 aromatic carbocycles. The average molecular weight is 1310 g/mol. The molecule has 0 saturated carbocycles. The number of para-hydroxylation sites is 2. The van der Waals surface area contributed by atoms with E-state index in [0.717, 1.165) is 88.0 Å². The SMILES string of the molecule is CN(/N=C/c1cc[n+](CCCCCCBr)cc1)c1ccccc1.CN(/N=C\c1cc[n+](CCCCCC[n+]2ccc(N=Nc3ccc(N)cc3)cc2)cc1)c1ccccc1.Nc1ccc(N=Nc2ccncc2)cc1.[Br-].[Br-].[Br-]. The fourth-order valence-electron chi connectivity index (χ4n) is 7.21. The Morgan fingerprint density at radius 1 is 0.410 bits per heavy atom. The molecule has 4 heterocycles. The smallest absolute Gasteiger partial charge is 0.171 e. The monoisotopic (exact) mass is 1300 g/mol. The molecule has 0 atom stereocenters. The molecule has 4 N–H and O–H groups in total. The number of nitrogens with two attached hydrogens (primary N) is 2. The Bertz CT molecular complexity index is 2920. The van der Waals surface area contributed by atoms with E-state index >= 15 is 0 Å². The number of hydrogen-bond acceptors (Lipinski definition) is 11. The number of hydrazone groups is 2. The number of azo groups is 2. The third-order valence-corrected chi connectivity index (χ3v) is 12.2. The molecule has 0 bridgehead atoms. The van der Waals surface area contributed by atoms with Gasteiger partial charge in [-0.2, -0.15) is 30.7 Å². The van der Waals surface area contributed by atoms with Gasteiger partial charge in [0.1, 0.15) is 19.6 Å². The summed E-state index contributed by atoms with van der Waals surface area (Å²) in [6.07, 6.45) is 29.7. The van der Waals surface area contributed by atoms with E-state index in [0.29, 0.717) is 0 Å². The van der Waals surface area contributed by atoms with Gasteiger partial charge in [0.2, 0.25) is 0 Å². The van der Waals surface area contributed by atoms with Crippen molar-refractivity contribution in [2.45, 2.75) is 71.0 Å². The predicted octanol–water partition coefficient (Wildman–Crippen LogP) is 4.48. The highest BCUT2D eigenvalue weighted by molar-refractivity contribution is 9.09. The molecule has 8 rings (SSSR count). The molecule has 0 unspecified atom stereocenters. The van der Waals surface area contributed by atoms with Crippen LogP contribution in [0.4, 0.5) is 45.5 Å². The number of aryl methyl sites for hydroxylation is 3. The molecule has 408 valence electrons. The molecule has 0 fully saturated rings. The molecule has 0 radical (unpaired) electrons. The summed E-state index contributed by atoms with van der Waals surface area (Å²) in [4.78, 5) is 3.89. The number of benzene rings is 4.